The lowest BCUT2D eigenvalue weighted by molar-refractivity contribution is -0.155. The molecule has 11 nitrogen and oxygen atoms in total. The number of carbonyl (C=O) groups is 2. The number of fused-ring (bicyclic) bond motifs is 1. The van der Waals surface area contributed by atoms with Crippen molar-refractivity contribution < 1.29 is 37.3 Å². The maximum absolute atomic E-state index is 12.7. The Bertz CT molecular complexity index is 1080. The predicted molar refractivity (Wildman–Crippen MR) is 153 cm³/mol. The number of methoxy groups -OCH3 is 2. The summed E-state index contributed by atoms with van der Waals surface area (Å²) in [6, 6.07) is 8.49. The number of hydrogen-bond donors (Lipinski definition) is 2. The van der Waals surface area contributed by atoms with Crippen LogP contribution in [-0.2, 0) is 31.8 Å². The fourth-order valence-electron chi connectivity index (χ4n) is 3.91. The molecule has 0 saturated carbocycles. The number of esters is 1. The zero-order valence-electron chi connectivity index (χ0n) is 25.0. The average molecular weight is 596 g/mol. The summed E-state index contributed by atoms with van der Waals surface area (Å²) in [5, 5.41) is 6.27. The number of halogens is 2. The van der Waals surface area contributed by atoms with Crippen LogP contribution in [0.5, 0.6) is 5.88 Å². The minimum absolute atomic E-state index is 0.0579. The number of carbonyl (C=O) groups excluding carboxylic acids is 2. The average Bonchev–Trinajstić information content (AvgIpc) is 2.95. The van der Waals surface area contributed by atoms with Gasteiger partial charge in [0.15, 0.2) is 6.29 Å². The highest BCUT2D eigenvalue weighted by atomic mass is 19.3. The van der Waals surface area contributed by atoms with Gasteiger partial charge in [-0.15, -0.1) is 0 Å². The number of aromatic nitrogens is 2. The van der Waals surface area contributed by atoms with E-state index in [0.29, 0.717) is 6.54 Å². The van der Waals surface area contributed by atoms with Crippen LogP contribution in [0, 0.1) is 0 Å². The van der Waals surface area contributed by atoms with Crippen LogP contribution in [0.1, 0.15) is 51.3 Å². The molecule has 1 aliphatic heterocycles. The van der Waals surface area contributed by atoms with Crippen LogP contribution in [-0.4, -0.2) is 85.8 Å². The number of ether oxygens (including phenoxy) is 4. The molecule has 0 radical (unpaired) electrons. The third-order valence-electron chi connectivity index (χ3n) is 5.87. The molecule has 2 N–H and O–H groups in total. The van der Waals surface area contributed by atoms with Crippen molar-refractivity contribution in [3.8, 4) is 5.88 Å². The summed E-state index contributed by atoms with van der Waals surface area (Å²) >= 11 is 0. The Morgan fingerprint density at radius 3 is 2.55 bits per heavy atom. The normalized spacial score (nSPS) is 12.5. The maximum Gasteiger partial charge on any atom is 0.388 e. The van der Waals surface area contributed by atoms with Gasteiger partial charge in [-0.3, -0.25) is 4.79 Å². The number of nitrogens with zero attached hydrogens (tertiary/aromatic N) is 3. The molecule has 13 heteroatoms. The maximum atomic E-state index is 12.7. The van der Waals surface area contributed by atoms with Crippen LogP contribution < -0.4 is 15.4 Å². The Labute approximate surface area is 246 Å². The van der Waals surface area contributed by atoms with Crippen molar-refractivity contribution in [1.82, 2.24) is 20.2 Å². The van der Waals surface area contributed by atoms with Crippen molar-refractivity contribution in [2.45, 2.75) is 71.4 Å². The van der Waals surface area contributed by atoms with Crippen LogP contribution in [0.15, 0.2) is 36.5 Å². The zero-order chi connectivity index (χ0) is 31.0. The Balaban J connectivity index is 0.000000518. The summed E-state index contributed by atoms with van der Waals surface area (Å²) in [5.41, 5.74) is 1.71. The van der Waals surface area contributed by atoms with Crippen molar-refractivity contribution in [2.75, 3.05) is 45.7 Å². The molecule has 0 aromatic carbocycles. The molecule has 2 aromatic heterocycles. The second-order valence-electron chi connectivity index (χ2n) is 10.4. The number of amides is 2. The van der Waals surface area contributed by atoms with Gasteiger partial charge in [0.25, 0.3) is 0 Å². The van der Waals surface area contributed by atoms with Crippen LogP contribution in [0.25, 0.3) is 0 Å². The fraction of sp³-hybridized carbons (Fsp3) is 0.586. The van der Waals surface area contributed by atoms with E-state index >= 15 is 0 Å². The first-order valence-corrected chi connectivity index (χ1v) is 13.9. The highest BCUT2D eigenvalue weighted by Gasteiger charge is 2.22. The standard InChI is InChI=1S/C23H38N4O5.C6H5F2NO/c1-23(2,3)32-19(28)12-15-27(16-20(30-4)31-5)22(29)25-14-7-9-18-11-10-17-8-6-13-24-21(17)26-18;7-6(8)10-5-3-1-2-4-9-5/h10-11,20H,6-9,12-16H2,1-5H3,(H,24,26)(H,25,29);1-4,6H. The largest absolute Gasteiger partial charge is 0.460 e. The number of hydrogen-bond acceptors (Lipinski definition) is 9. The van der Waals surface area contributed by atoms with Gasteiger partial charge in [0.1, 0.15) is 11.4 Å². The summed E-state index contributed by atoms with van der Waals surface area (Å²) in [6.45, 7) is 4.52. The number of aryl methyl sites for hydroxylation is 2. The molecule has 0 saturated heterocycles. The zero-order valence-corrected chi connectivity index (χ0v) is 25.0. The third-order valence-corrected chi connectivity index (χ3v) is 5.87. The Hall–Kier alpha value is -3.58. The van der Waals surface area contributed by atoms with Gasteiger partial charge in [-0.2, -0.15) is 8.78 Å². The molecule has 0 atom stereocenters. The number of pyridine rings is 2. The minimum Gasteiger partial charge on any atom is -0.460 e. The van der Waals surface area contributed by atoms with Gasteiger partial charge in [0.2, 0.25) is 5.88 Å². The van der Waals surface area contributed by atoms with E-state index in [1.54, 1.807) is 12.1 Å². The summed E-state index contributed by atoms with van der Waals surface area (Å²) < 4.78 is 42.7. The molecule has 234 valence electrons. The van der Waals surface area contributed by atoms with E-state index in [9.17, 15) is 18.4 Å². The van der Waals surface area contributed by atoms with Crippen LogP contribution in [0.3, 0.4) is 0 Å². The first-order chi connectivity index (χ1) is 20.0. The van der Waals surface area contributed by atoms with Gasteiger partial charge in [0, 0.05) is 51.8 Å². The smallest absolute Gasteiger partial charge is 0.388 e. The minimum atomic E-state index is -2.80. The van der Waals surface area contributed by atoms with Crippen LogP contribution in [0.4, 0.5) is 19.4 Å². The van der Waals surface area contributed by atoms with E-state index in [0.717, 1.165) is 43.7 Å². The van der Waals surface area contributed by atoms with Gasteiger partial charge in [-0.1, -0.05) is 12.1 Å². The fourth-order valence-corrected chi connectivity index (χ4v) is 3.91. The van der Waals surface area contributed by atoms with Crippen molar-refractivity contribution in [3.63, 3.8) is 0 Å². The van der Waals surface area contributed by atoms with E-state index in [2.05, 4.69) is 37.5 Å². The molecule has 42 heavy (non-hydrogen) atoms. The van der Waals surface area contributed by atoms with Gasteiger partial charge < -0.3 is 34.5 Å². The number of nitrogens with one attached hydrogen (secondary N) is 2. The first-order valence-electron chi connectivity index (χ1n) is 13.9. The highest BCUT2D eigenvalue weighted by Crippen LogP contribution is 2.20. The second kappa shape index (κ2) is 18.1. The monoisotopic (exact) mass is 595 g/mol. The predicted octanol–water partition coefficient (Wildman–Crippen LogP) is 4.42. The molecule has 0 aliphatic carbocycles. The van der Waals surface area contributed by atoms with Gasteiger partial charge in [-0.05, 0) is 64.2 Å². The molecule has 0 spiro atoms. The molecule has 0 fully saturated rings. The summed E-state index contributed by atoms with van der Waals surface area (Å²) in [6.07, 6.45) is 4.63. The Morgan fingerprint density at radius 2 is 1.90 bits per heavy atom. The third kappa shape index (κ3) is 13.9. The lowest BCUT2D eigenvalue weighted by atomic mass is 10.1. The van der Waals surface area contributed by atoms with E-state index in [1.165, 1.54) is 36.9 Å². The quantitative estimate of drug-likeness (QED) is 0.197. The van der Waals surface area contributed by atoms with Crippen molar-refractivity contribution in [3.05, 3.63) is 47.8 Å². The Morgan fingerprint density at radius 1 is 1.14 bits per heavy atom. The van der Waals surface area contributed by atoms with E-state index < -0.39 is 18.5 Å². The molecular formula is C29H43F2N5O6. The topological polar surface area (TPSA) is 124 Å². The lowest BCUT2D eigenvalue weighted by Gasteiger charge is -2.27. The molecule has 2 aromatic rings. The number of anilines is 1. The molecular weight excluding hydrogens is 552 g/mol. The number of urea groups is 1. The highest BCUT2D eigenvalue weighted by molar-refractivity contribution is 5.75. The van der Waals surface area contributed by atoms with Crippen molar-refractivity contribution in [1.29, 1.82) is 0 Å². The lowest BCUT2D eigenvalue weighted by Crippen LogP contribution is -2.46. The summed E-state index contributed by atoms with van der Waals surface area (Å²) in [5.74, 6) is 0.572. The van der Waals surface area contributed by atoms with Gasteiger partial charge in [-0.25, -0.2) is 14.8 Å². The van der Waals surface area contributed by atoms with Crippen molar-refractivity contribution in [2.24, 2.45) is 0 Å². The Kier molecular flexibility index (Phi) is 14.9. The van der Waals surface area contributed by atoms with Gasteiger partial charge in [0.05, 0.1) is 13.0 Å². The molecule has 3 rings (SSSR count). The van der Waals surface area contributed by atoms with E-state index in [4.69, 9.17) is 14.2 Å². The second-order valence-corrected chi connectivity index (χ2v) is 10.4. The molecule has 1 aliphatic rings. The van der Waals surface area contributed by atoms with Crippen LogP contribution >= 0.6 is 0 Å². The van der Waals surface area contributed by atoms with E-state index in [-0.39, 0.29) is 37.4 Å². The SMILES string of the molecule is COC(CN(CCC(=O)OC(C)(C)C)C(=O)NCCCc1ccc2c(n1)NCCC2)OC.FC(F)Oc1ccccn1. The summed E-state index contributed by atoms with van der Waals surface area (Å²) in [4.78, 5) is 34.5. The summed E-state index contributed by atoms with van der Waals surface area (Å²) in [7, 11) is 3.02. The number of rotatable bonds is 13. The molecule has 3 heterocycles. The van der Waals surface area contributed by atoms with E-state index in [1.807, 2.05) is 20.8 Å². The number of alkyl halides is 2. The van der Waals surface area contributed by atoms with Gasteiger partial charge >= 0.3 is 18.6 Å². The van der Waals surface area contributed by atoms with Crippen LogP contribution in [0.2, 0.25) is 0 Å². The molecule has 0 unspecified atom stereocenters. The first kappa shape index (κ1) is 34.6. The van der Waals surface area contributed by atoms with Crippen molar-refractivity contribution >= 4 is 17.8 Å². The molecule has 2 amide bonds. The molecule has 0 bridgehead atoms.